The summed E-state index contributed by atoms with van der Waals surface area (Å²) >= 11 is 0. The van der Waals surface area contributed by atoms with Crippen molar-refractivity contribution in [3.63, 3.8) is 0 Å². The molecule has 1 N–H and O–H groups in total. The first-order valence-corrected chi connectivity index (χ1v) is 9.39. The Hall–Kier alpha value is -3.94. The van der Waals surface area contributed by atoms with E-state index in [1.165, 1.54) is 30.3 Å². The molecule has 0 saturated carbocycles. The van der Waals surface area contributed by atoms with E-state index in [0.717, 1.165) is 16.8 Å². The van der Waals surface area contributed by atoms with E-state index >= 15 is 0 Å². The number of carbonyl (C=O) groups excluding carboxylic acids is 1. The van der Waals surface area contributed by atoms with Gasteiger partial charge >= 0.3 is 0 Å². The molecular formula is C23H16F3N3O2. The van der Waals surface area contributed by atoms with Gasteiger partial charge in [-0.3, -0.25) is 9.59 Å². The van der Waals surface area contributed by atoms with Gasteiger partial charge in [0.15, 0.2) is 11.6 Å². The summed E-state index contributed by atoms with van der Waals surface area (Å²) in [7, 11) is 0. The lowest BCUT2D eigenvalue weighted by molar-refractivity contribution is -0.122. The van der Waals surface area contributed by atoms with Gasteiger partial charge in [-0.25, -0.2) is 17.9 Å². The lowest BCUT2D eigenvalue weighted by Gasteiger charge is -2.12. The van der Waals surface area contributed by atoms with Gasteiger partial charge in [0.2, 0.25) is 5.91 Å². The van der Waals surface area contributed by atoms with Gasteiger partial charge in [0.05, 0.1) is 11.1 Å². The van der Waals surface area contributed by atoms with Gasteiger partial charge < -0.3 is 5.32 Å². The highest BCUT2D eigenvalue weighted by molar-refractivity contribution is 5.93. The normalized spacial score (nSPS) is 10.9. The van der Waals surface area contributed by atoms with Crippen molar-refractivity contribution >= 4 is 16.7 Å². The average molecular weight is 423 g/mol. The molecule has 0 atom stereocenters. The summed E-state index contributed by atoms with van der Waals surface area (Å²) in [6, 6.07) is 15.6. The summed E-state index contributed by atoms with van der Waals surface area (Å²) in [4.78, 5) is 25.2. The quantitative estimate of drug-likeness (QED) is 0.531. The Balaban J connectivity index is 1.66. The second-order valence-corrected chi connectivity index (χ2v) is 6.89. The Labute approximate surface area is 174 Å². The first-order valence-electron chi connectivity index (χ1n) is 9.39. The van der Waals surface area contributed by atoms with Gasteiger partial charge in [0.25, 0.3) is 5.56 Å². The van der Waals surface area contributed by atoms with E-state index in [1.54, 1.807) is 24.3 Å². The zero-order chi connectivity index (χ0) is 22.0. The number of halogens is 3. The zero-order valence-electron chi connectivity index (χ0n) is 16.1. The average Bonchev–Trinajstić information content (AvgIpc) is 2.77. The van der Waals surface area contributed by atoms with Crippen molar-refractivity contribution in [3.8, 4) is 11.3 Å². The number of hydrogen-bond donors (Lipinski definition) is 1. The van der Waals surface area contributed by atoms with E-state index in [0.29, 0.717) is 16.3 Å². The molecule has 1 heterocycles. The van der Waals surface area contributed by atoms with Crippen LogP contribution in [0.2, 0.25) is 0 Å². The van der Waals surface area contributed by atoms with Crippen LogP contribution in [0.5, 0.6) is 0 Å². The molecule has 0 bridgehead atoms. The van der Waals surface area contributed by atoms with Gasteiger partial charge in [0.1, 0.15) is 12.4 Å². The van der Waals surface area contributed by atoms with Crippen LogP contribution >= 0.6 is 0 Å². The number of fused-ring (bicyclic) bond motifs is 1. The molecule has 4 rings (SSSR count). The molecule has 0 aliphatic carbocycles. The molecule has 0 fully saturated rings. The van der Waals surface area contributed by atoms with Crippen molar-refractivity contribution in [2.45, 2.75) is 13.1 Å². The molecular weight excluding hydrogens is 407 g/mol. The standard InChI is InChI=1S/C23H16F3N3O2/c24-16-8-5-14(6-9-16)12-27-21(30)13-29-23(31)18-4-2-1-3-17(18)22(28-29)15-7-10-19(25)20(26)11-15/h1-11H,12-13H2,(H,27,30). The monoisotopic (exact) mass is 423 g/mol. The van der Waals surface area contributed by atoms with E-state index in [1.807, 2.05) is 0 Å². The third-order valence-electron chi connectivity index (χ3n) is 4.76. The Morgan fingerprint density at radius 3 is 2.32 bits per heavy atom. The van der Waals surface area contributed by atoms with Crippen LogP contribution in [0.4, 0.5) is 13.2 Å². The van der Waals surface area contributed by atoms with Gasteiger partial charge in [-0.15, -0.1) is 0 Å². The molecule has 0 saturated heterocycles. The number of amides is 1. The fraction of sp³-hybridized carbons (Fsp3) is 0.0870. The number of aromatic nitrogens is 2. The minimum atomic E-state index is -1.04. The van der Waals surface area contributed by atoms with Gasteiger partial charge in [-0.05, 0) is 42.0 Å². The van der Waals surface area contributed by atoms with Crippen molar-refractivity contribution in [3.05, 3.63) is 100 Å². The highest BCUT2D eigenvalue weighted by atomic mass is 19.2. The van der Waals surface area contributed by atoms with Crippen LogP contribution in [-0.2, 0) is 17.9 Å². The van der Waals surface area contributed by atoms with Crippen LogP contribution in [0.3, 0.4) is 0 Å². The van der Waals surface area contributed by atoms with Crippen molar-refractivity contribution in [1.82, 2.24) is 15.1 Å². The summed E-state index contributed by atoms with van der Waals surface area (Å²) in [5, 5.41) is 7.65. The Morgan fingerprint density at radius 1 is 0.903 bits per heavy atom. The van der Waals surface area contributed by atoms with Crippen molar-refractivity contribution in [2.75, 3.05) is 0 Å². The van der Waals surface area contributed by atoms with E-state index in [2.05, 4.69) is 10.4 Å². The minimum absolute atomic E-state index is 0.150. The van der Waals surface area contributed by atoms with E-state index < -0.39 is 23.1 Å². The maximum absolute atomic E-state index is 13.8. The summed E-state index contributed by atoms with van der Waals surface area (Å²) in [6.07, 6.45) is 0. The number of carbonyl (C=O) groups is 1. The third-order valence-corrected chi connectivity index (χ3v) is 4.76. The zero-order valence-corrected chi connectivity index (χ0v) is 16.1. The highest BCUT2D eigenvalue weighted by Crippen LogP contribution is 2.25. The second kappa shape index (κ2) is 8.43. The molecule has 3 aromatic carbocycles. The fourth-order valence-electron chi connectivity index (χ4n) is 3.19. The molecule has 31 heavy (non-hydrogen) atoms. The molecule has 0 aliphatic heterocycles. The first-order chi connectivity index (χ1) is 14.9. The molecule has 8 heteroatoms. The van der Waals surface area contributed by atoms with Crippen LogP contribution in [-0.4, -0.2) is 15.7 Å². The van der Waals surface area contributed by atoms with Gasteiger partial charge in [-0.1, -0.05) is 30.3 Å². The minimum Gasteiger partial charge on any atom is -0.350 e. The lowest BCUT2D eigenvalue weighted by atomic mass is 10.0. The number of nitrogens with one attached hydrogen (secondary N) is 1. The SMILES string of the molecule is O=C(Cn1nc(-c2ccc(F)c(F)c2)c2ccccc2c1=O)NCc1ccc(F)cc1. The van der Waals surface area contributed by atoms with Crippen molar-refractivity contribution in [1.29, 1.82) is 0 Å². The number of benzene rings is 3. The third kappa shape index (κ3) is 4.32. The predicted octanol–water partition coefficient (Wildman–Crippen LogP) is 3.80. The molecule has 0 unspecified atom stereocenters. The summed E-state index contributed by atoms with van der Waals surface area (Å²) in [6.45, 7) is -0.223. The summed E-state index contributed by atoms with van der Waals surface area (Å²) < 4.78 is 41.1. The molecule has 0 spiro atoms. The van der Waals surface area contributed by atoms with E-state index in [-0.39, 0.29) is 30.2 Å². The van der Waals surface area contributed by atoms with E-state index in [4.69, 9.17) is 0 Å². The molecule has 4 aromatic rings. The highest BCUT2D eigenvalue weighted by Gasteiger charge is 2.15. The molecule has 0 radical (unpaired) electrons. The second-order valence-electron chi connectivity index (χ2n) is 6.89. The fourth-order valence-corrected chi connectivity index (χ4v) is 3.19. The van der Waals surface area contributed by atoms with E-state index in [9.17, 15) is 22.8 Å². The van der Waals surface area contributed by atoms with Gasteiger partial charge in [0, 0.05) is 17.5 Å². The van der Waals surface area contributed by atoms with Crippen molar-refractivity contribution in [2.24, 2.45) is 0 Å². The maximum atomic E-state index is 13.8. The number of hydrogen-bond acceptors (Lipinski definition) is 3. The Kier molecular flexibility index (Phi) is 5.53. The van der Waals surface area contributed by atoms with Crippen LogP contribution in [0.1, 0.15) is 5.56 Å². The molecule has 0 aliphatic rings. The number of nitrogens with zero attached hydrogens (tertiary/aromatic N) is 2. The topological polar surface area (TPSA) is 64.0 Å². The number of rotatable bonds is 5. The summed E-state index contributed by atoms with van der Waals surface area (Å²) in [5.74, 6) is -2.91. The largest absolute Gasteiger partial charge is 0.350 e. The van der Waals surface area contributed by atoms with Crippen LogP contribution in [0, 0.1) is 17.5 Å². The Bertz CT molecular complexity index is 1330. The predicted molar refractivity (Wildman–Crippen MR) is 110 cm³/mol. The smallest absolute Gasteiger partial charge is 0.275 e. The Morgan fingerprint density at radius 2 is 1.61 bits per heavy atom. The van der Waals surface area contributed by atoms with Crippen LogP contribution in [0.15, 0.2) is 71.5 Å². The maximum Gasteiger partial charge on any atom is 0.275 e. The van der Waals surface area contributed by atoms with Crippen LogP contribution < -0.4 is 10.9 Å². The van der Waals surface area contributed by atoms with Crippen LogP contribution in [0.25, 0.3) is 22.0 Å². The first kappa shape index (κ1) is 20.3. The summed E-state index contributed by atoms with van der Waals surface area (Å²) in [5.41, 5.74) is 0.728. The molecule has 1 amide bonds. The van der Waals surface area contributed by atoms with Crippen molar-refractivity contribution < 1.29 is 18.0 Å². The lowest BCUT2D eigenvalue weighted by Crippen LogP contribution is -2.33. The molecule has 156 valence electrons. The van der Waals surface area contributed by atoms with Gasteiger partial charge in [-0.2, -0.15) is 5.10 Å². The molecule has 1 aromatic heterocycles. The molecule has 5 nitrogen and oxygen atoms in total.